The van der Waals surface area contributed by atoms with Gasteiger partial charge >= 0.3 is 5.97 Å². The normalized spacial score (nSPS) is 23.1. The van der Waals surface area contributed by atoms with E-state index in [1.807, 2.05) is 13.0 Å². The Hall–Kier alpha value is -2.65. The Balaban J connectivity index is 1.79. The number of hydrogen-bond acceptors (Lipinski definition) is 5. The van der Waals surface area contributed by atoms with Crippen molar-refractivity contribution in [1.82, 2.24) is 9.80 Å². The summed E-state index contributed by atoms with van der Waals surface area (Å²) in [4.78, 5) is 42.6. The maximum atomic E-state index is 13.9. The lowest BCUT2D eigenvalue weighted by Crippen LogP contribution is -2.57. The molecule has 2 heterocycles. The molecule has 2 aliphatic heterocycles. The van der Waals surface area contributed by atoms with E-state index < -0.39 is 36.2 Å². The Morgan fingerprint density at radius 3 is 2.38 bits per heavy atom. The molecular formula is C27H30Cl2N2O6. The summed E-state index contributed by atoms with van der Waals surface area (Å²) in [7, 11) is 0. The average molecular weight is 549 g/mol. The fraction of sp³-hybridized carbons (Fsp3) is 0.444. The molecule has 2 amide bonds. The molecule has 4 atom stereocenters. The molecule has 2 saturated heterocycles. The zero-order valence-electron chi connectivity index (χ0n) is 20.5. The predicted octanol–water partition coefficient (Wildman–Crippen LogP) is 4.51. The lowest BCUT2D eigenvalue weighted by Gasteiger charge is -2.47. The summed E-state index contributed by atoms with van der Waals surface area (Å²) in [6.07, 6.45) is -1.32. The van der Waals surface area contributed by atoms with Crippen LogP contribution < -0.4 is 0 Å². The molecule has 4 rings (SSSR count). The summed E-state index contributed by atoms with van der Waals surface area (Å²) in [6.45, 7) is 3.59. The van der Waals surface area contributed by atoms with Crippen molar-refractivity contribution in [3.8, 4) is 0 Å². The van der Waals surface area contributed by atoms with E-state index in [0.717, 1.165) is 0 Å². The van der Waals surface area contributed by atoms with E-state index in [9.17, 15) is 19.5 Å². The van der Waals surface area contributed by atoms with Crippen LogP contribution in [0, 0.1) is 0 Å². The molecule has 1 N–H and O–H groups in total. The molecule has 0 bridgehead atoms. The van der Waals surface area contributed by atoms with E-state index in [1.54, 1.807) is 47.4 Å². The van der Waals surface area contributed by atoms with Crippen molar-refractivity contribution in [3.63, 3.8) is 0 Å². The first-order chi connectivity index (χ1) is 17.8. The summed E-state index contributed by atoms with van der Waals surface area (Å²) in [5.74, 6) is -1.88. The van der Waals surface area contributed by atoms with Crippen LogP contribution in [0.15, 0.2) is 48.5 Å². The fourth-order valence-electron chi connectivity index (χ4n) is 4.94. The monoisotopic (exact) mass is 548 g/mol. The molecule has 8 nitrogen and oxygen atoms in total. The van der Waals surface area contributed by atoms with Gasteiger partial charge in [0, 0.05) is 23.1 Å². The standard InChI is InChI=1S/C27H30Cl2N2O6/c1-2-4-21(27(34)35)31-24(17-7-9-19(28)10-8-17)25(18-5-3-6-20(29)15-18)37-22(26(31)33)16-23(32)30-11-13-36-14-12-30/h3,5-10,15,21-22,24-25H,2,4,11-14,16H2,1H3,(H,34,35)/t21-,22-,24+,25-/m0/s1. The highest BCUT2D eigenvalue weighted by atomic mass is 35.5. The van der Waals surface area contributed by atoms with Crippen molar-refractivity contribution in [1.29, 1.82) is 0 Å². The second-order valence-electron chi connectivity index (χ2n) is 9.18. The van der Waals surface area contributed by atoms with Crippen LogP contribution in [0.3, 0.4) is 0 Å². The number of benzene rings is 2. The number of aliphatic carboxylic acids is 1. The minimum Gasteiger partial charge on any atom is -0.480 e. The number of ether oxygens (including phenoxy) is 2. The van der Waals surface area contributed by atoms with Gasteiger partial charge in [-0.15, -0.1) is 0 Å². The predicted molar refractivity (Wildman–Crippen MR) is 138 cm³/mol. The Morgan fingerprint density at radius 1 is 1.05 bits per heavy atom. The first kappa shape index (κ1) is 27.4. The summed E-state index contributed by atoms with van der Waals surface area (Å²) in [6, 6.07) is 12.1. The molecule has 2 aliphatic rings. The number of rotatable bonds is 8. The molecule has 0 saturated carbocycles. The van der Waals surface area contributed by atoms with Gasteiger partial charge in [-0.3, -0.25) is 9.59 Å². The number of morpholine rings is 2. The van der Waals surface area contributed by atoms with Crippen molar-refractivity contribution < 1.29 is 29.0 Å². The van der Waals surface area contributed by atoms with Gasteiger partial charge < -0.3 is 24.4 Å². The van der Waals surface area contributed by atoms with Crippen LogP contribution in [0.1, 0.15) is 49.5 Å². The van der Waals surface area contributed by atoms with Crippen LogP contribution in [0.4, 0.5) is 0 Å². The molecule has 0 aliphatic carbocycles. The molecule has 0 radical (unpaired) electrons. The van der Waals surface area contributed by atoms with Crippen LogP contribution in [0.5, 0.6) is 0 Å². The average Bonchev–Trinajstić information content (AvgIpc) is 2.89. The van der Waals surface area contributed by atoms with Crippen molar-refractivity contribution in [2.75, 3.05) is 26.3 Å². The van der Waals surface area contributed by atoms with Crippen LogP contribution in [0.25, 0.3) is 0 Å². The quantitative estimate of drug-likeness (QED) is 0.521. The van der Waals surface area contributed by atoms with E-state index in [0.29, 0.717) is 53.9 Å². The van der Waals surface area contributed by atoms with E-state index in [4.69, 9.17) is 32.7 Å². The number of amides is 2. The molecule has 2 aromatic carbocycles. The number of carbonyl (C=O) groups excluding carboxylic acids is 2. The van der Waals surface area contributed by atoms with Crippen molar-refractivity contribution in [2.45, 2.75) is 50.5 Å². The van der Waals surface area contributed by atoms with Gasteiger partial charge in [0.2, 0.25) is 5.91 Å². The highest BCUT2D eigenvalue weighted by Gasteiger charge is 2.49. The number of carboxylic acids is 1. The van der Waals surface area contributed by atoms with Gasteiger partial charge in [-0.25, -0.2) is 4.79 Å². The second kappa shape index (κ2) is 12.3. The molecule has 10 heteroatoms. The first-order valence-electron chi connectivity index (χ1n) is 12.4. The highest BCUT2D eigenvalue weighted by Crippen LogP contribution is 2.44. The van der Waals surface area contributed by atoms with E-state index >= 15 is 0 Å². The zero-order valence-corrected chi connectivity index (χ0v) is 22.0. The van der Waals surface area contributed by atoms with Crippen LogP contribution in [-0.2, 0) is 23.9 Å². The summed E-state index contributed by atoms with van der Waals surface area (Å²) in [5.41, 5.74) is 1.34. The molecule has 198 valence electrons. The molecule has 0 aromatic heterocycles. The van der Waals surface area contributed by atoms with Crippen molar-refractivity contribution in [2.24, 2.45) is 0 Å². The Morgan fingerprint density at radius 2 is 1.76 bits per heavy atom. The lowest BCUT2D eigenvalue weighted by atomic mass is 9.89. The molecular weight excluding hydrogens is 519 g/mol. The van der Waals surface area contributed by atoms with Crippen LogP contribution >= 0.6 is 23.2 Å². The molecule has 37 heavy (non-hydrogen) atoms. The summed E-state index contributed by atoms with van der Waals surface area (Å²) >= 11 is 12.4. The van der Waals surface area contributed by atoms with Gasteiger partial charge in [-0.05, 0) is 41.8 Å². The van der Waals surface area contributed by atoms with Gasteiger partial charge in [0.1, 0.15) is 18.2 Å². The van der Waals surface area contributed by atoms with E-state index in [-0.39, 0.29) is 18.7 Å². The van der Waals surface area contributed by atoms with Crippen molar-refractivity contribution in [3.05, 3.63) is 69.7 Å². The van der Waals surface area contributed by atoms with Crippen LogP contribution in [-0.4, -0.2) is 71.1 Å². The van der Waals surface area contributed by atoms with Crippen LogP contribution in [0.2, 0.25) is 10.0 Å². The summed E-state index contributed by atoms with van der Waals surface area (Å²) < 4.78 is 11.7. The van der Waals surface area contributed by atoms with E-state index in [2.05, 4.69) is 0 Å². The topological polar surface area (TPSA) is 96.4 Å². The number of nitrogens with zero attached hydrogens (tertiary/aromatic N) is 2. The Labute approximate surface area is 226 Å². The number of hydrogen-bond donors (Lipinski definition) is 1. The Kier molecular flexibility index (Phi) is 9.08. The van der Waals surface area contributed by atoms with Gasteiger partial charge in [0.25, 0.3) is 5.91 Å². The van der Waals surface area contributed by atoms with Gasteiger partial charge in [-0.1, -0.05) is 60.8 Å². The molecule has 0 spiro atoms. The van der Waals surface area contributed by atoms with Crippen molar-refractivity contribution >= 4 is 41.0 Å². The second-order valence-corrected chi connectivity index (χ2v) is 10.1. The maximum absolute atomic E-state index is 13.9. The SMILES string of the molecule is CCC[C@@H](C(=O)O)N1C(=O)[C@H](CC(=O)N2CCOCC2)O[C@@H](c2cccc(Cl)c2)[C@H]1c1ccc(Cl)cc1. The number of carbonyl (C=O) groups is 3. The van der Waals surface area contributed by atoms with Gasteiger partial charge in [-0.2, -0.15) is 0 Å². The third-order valence-corrected chi connectivity index (χ3v) is 7.21. The fourth-order valence-corrected chi connectivity index (χ4v) is 5.26. The molecule has 2 aromatic rings. The number of halogens is 2. The minimum absolute atomic E-state index is 0.196. The molecule has 0 unspecified atom stereocenters. The lowest BCUT2D eigenvalue weighted by molar-refractivity contribution is -0.187. The Bertz CT molecular complexity index is 1120. The highest BCUT2D eigenvalue weighted by molar-refractivity contribution is 6.30. The summed E-state index contributed by atoms with van der Waals surface area (Å²) in [5, 5.41) is 11.2. The van der Waals surface area contributed by atoms with E-state index in [1.165, 1.54) is 4.90 Å². The maximum Gasteiger partial charge on any atom is 0.326 e. The van der Waals surface area contributed by atoms with Gasteiger partial charge in [0.15, 0.2) is 0 Å². The third kappa shape index (κ3) is 6.26. The number of carboxylic acid groups (broad SMARTS) is 1. The van der Waals surface area contributed by atoms with Gasteiger partial charge in [0.05, 0.1) is 25.7 Å². The first-order valence-corrected chi connectivity index (χ1v) is 13.1. The third-order valence-electron chi connectivity index (χ3n) is 6.72. The molecule has 2 fully saturated rings. The largest absolute Gasteiger partial charge is 0.480 e. The minimum atomic E-state index is -1.15. The smallest absolute Gasteiger partial charge is 0.326 e. The zero-order chi connectivity index (χ0) is 26.5.